The van der Waals surface area contributed by atoms with Gasteiger partial charge in [0.25, 0.3) is 5.91 Å². The third kappa shape index (κ3) is 3.23. The zero-order chi connectivity index (χ0) is 13.0. The Hall–Kier alpha value is -1.07. The largest absolute Gasteiger partial charge is 0.490 e. The third-order valence-electron chi connectivity index (χ3n) is 2.87. The highest BCUT2D eigenvalue weighted by molar-refractivity contribution is 9.10. The van der Waals surface area contributed by atoms with Crippen LogP contribution in [0, 0.1) is 0 Å². The van der Waals surface area contributed by atoms with Crippen LogP contribution in [0.5, 0.6) is 5.75 Å². The predicted molar refractivity (Wildman–Crippen MR) is 72.0 cm³/mol. The highest BCUT2D eigenvalue weighted by atomic mass is 79.9. The molecule has 1 fully saturated rings. The first kappa shape index (κ1) is 13.4. The van der Waals surface area contributed by atoms with Crippen molar-refractivity contribution < 1.29 is 14.3 Å². The molecule has 0 saturated carbocycles. The van der Waals surface area contributed by atoms with Crippen molar-refractivity contribution in [1.29, 1.82) is 0 Å². The van der Waals surface area contributed by atoms with Crippen LogP contribution in [0.1, 0.15) is 23.2 Å². The standard InChI is InChI=1S/C13H16BrNO3/c1-15-13(16)9-4-5-12(11(14)7-9)18-8-10-3-2-6-17-10/h4-5,7,10H,2-3,6,8H2,1H3,(H,15,16)/t10-/m0/s1. The number of ether oxygens (including phenoxy) is 2. The summed E-state index contributed by atoms with van der Waals surface area (Å²) in [5.41, 5.74) is 0.605. The molecule has 5 heteroatoms. The summed E-state index contributed by atoms with van der Waals surface area (Å²) in [6.45, 7) is 1.38. The fraction of sp³-hybridized carbons (Fsp3) is 0.462. The van der Waals surface area contributed by atoms with E-state index in [-0.39, 0.29) is 12.0 Å². The second kappa shape index (κ2) is 6.20. The van der Waals surface area contributed by atoms with Crippen LogP contribution in [0.4, 0.5) is 0 Å². The van der Waals surface area contributed by atoms with Crippen molar-refractivity contribution in [2.24, 2.45) is 0 Å². The average molecular weight is 314 g/mol. The summed E-state index contributed by atoms with van der Waals surface area (Å²) in [7, 11) is 1.61. The lowest BCUT2D eigenvalue weighted by molar-refractivity contribution is 0.0677. The molecule has 1 amide bonds. The molecule has 1 atom stereocenters. The Labute approximate surface area is 115 Å². The summed E-state index contributed by atoms with van der Waals surface area (Å²) in [6, 6.07) is 5.29. The molecule has 0 unspecified atom stereocenters. The van der Waals surface area contributed by atoms with Gasteiger partial charge in [-0.1, -0.05) is 0 Å². The first-order chi connectivity index (χ1) is 8.70. The Morgan fingerprint density at radius 1 is 1.61 bits per heavy atom. The van der Waals surface area contributed by atoms with Gasteiger partial charge >= 0.3 is 0 Å². The van der Waals surface area contributed by atoms with Gasteiger partial charge in [-0.2, -0.15) is 0 Å². The van der Waals surface area contributed by atoms with E-state index in [1.54, 1.807) is 25.2 Å². The highest BCUT2D eigenvalue weighted by Crippen LogP contribution is 2.27. The quantitative estimate of drug-likeness (QED) is 0.928. The summed E-state index contributed by atoms with van der Waals surface area (Å²) < 4.78 is 12.0. The predicted octanol–water partition coefficient (Wildman–Crippen LogP) is 2.37. The van der Waals surface area contributed by atoms with Crippen LogP contribution in [0.2, 0.25) is 0 Å². The number of carbonyl (C=O) groups excluding carboxylic acids is 1. The molecule has 98 valence electrons. The maximum absolute atomic E-state index is 11.5. The van der Waals surface area contributed by atoms with Crippen molar-refractivity contribution in [3.63, 3.8) is 0 Å². The number of rotatable bonds is 4. The van der Waals surface area contributed by atoms with Crippen molar-refractivity contribution in [3.8, 4) is 5.75 Å². The lowest BCUT2D eigenvalue weighted by Crippen LogP contribution is -2.18. The van der Waals surface area contributed by atoms with Crippen LogP contribution in [0.25, 0.3) is 0 Å². The number of halogens is 1. The van der Waals surface area contributed by atoms with Gasteiger partial charge in [0, 0.05) is 19.2 Å². The third-order valence-corrected chi connectivity index (χ3v) is 3.49. The Morgan fingerprint density at radius 3 is 3.06 bits per heavy atom. The minimum Gasteiger partial charge on any atom is -0.490 e. The molecule has 1 saturated heterocycles. The zero-order valence-electron chi connectivity index (χ0n) is 10.2. The smallest absolute Gasteiger partial charge is 0.251 e. The van der Waals surface area contributed by atoms with Gasteiger partial charge in [-0.3, -0.25) is 4.79 Å². The lowest BCUT2D eigenvalue weighted by Gasteiger charge is -2.13. The summed E-state index contributed by atoms with van der Waals surface area (Å²) in [4.78, 5) is 11.5. The van der Waals surface area contributed by atoms with Crippen LogP contribution in [-0.2, 0) is 4.74 Å². The fourth-order valence-electron chi connectivity index (χ4n) is 1.86. The van der Waals surface area contributed by atoms with Crippen LogP contribution < -0.4 is 10.1 Å². The van der Waals surface area contributed by atoms with E-state index >= 15 is 0 Å². The van der Waals surface area contributed by atoms with Gasteiger partial charge in [0.1, 0.15) is 12.4 Å². The average Bonchev–Trinajstić information content (AvgIpc) is 2.89. The Balaban J connectivity index is 1.98. The molecular formula is C13H16BrNO3. The number of amides is 1. The van der Waals surface area contributed by atoms with E-state index in [2.05, 4.69) is 21.2 Å². The van der Waals surface area contributed by atoms with Gasteiger partial charge < -0.3 is 14.8 Å². The zero-order valence-corrected chi connectivity index (χ0v) is 11.8. The molecule has 4 nitrogen and oxygen atoms in total. The van der Waals surface area contributed by atoms with Crippen molar-refractivity contribution >= 4 is 21.8 Å². The van der Waals surface area contributed by atoms with Crippen LogP contribution in [0.3, 0.4) is 0 Å². The minimum absolute atomic E-state index is 0.110. The van der Waals surface area contributed by atoms with Gasteiger partial charge in [-0.05, 0) is 47.0 Å². The van der Waals surface area contributed by atoms with Gasteiger partial charge in [0.15, 0.2) is 0 Å². The topological polar surface area (TPSA) is 47.6 Å². The molecule has 0 aromatic heterocycles. The summed E-state index contributed by atoms with van der Waals surface area (Å²) in [5.74, 6) is 0.625. The van der Waals surface area contributed by atoms with E-state index in [0.29, 0.717) is 12.2 Å². The van der Waals surface area contributed by atoms with Crippen LogP contribution >= 0.6 is 15.9 Å². The second-order valence-electron chi connectivity index (χ2n) is 4.17. The van der Waals surface area contributed by atoms with Gasteiger partial charge in [-0.25, -0.2) is 0 Å². The molecule has 1 heterocycles. The summed E-state index contributed by atoms with van der Waals surface area (Å²) in [6.07, 6.45) is 2.34. The molecule has 0 aliphatic carbocycles. The molecular weight excluding hydrogens is 298 g/mol. The van der Waals surface area contributed by atoms with Crippen LogP contribution in [0.15, 0.2) is 22.7 Å². The van der Waals surface area contributed by atoms with Crippen molar-refractivity contribution in [2.75, 3.05) is 20.3 Å². The molecule has 1 aliphatic rings. The van der Waals surface area contributed by atoms with E-state index in [1.165, 1.54) is 0 Å². The molecule has 0 bridgehead atoms. The van der Waals surface area contributed by atoms with E-state index in [0.717, 1.165) is 29.7 Å². The molecule has 2 rings (SSSR count). The van der Waals surface area contributed by atoms with Crippen molar-refractivity contribution in [2.45, 2.75) is 18.9 Å². The summed E-state index contributed by atoms with van der Waals surface area (Å²) >= 11 is 3.41. The molecule has 1 aromatic carbocycles. The van der Waals surface area contributed by atoms with Crippen LogP contribution in [-0.4, -0.2) is 32.3 Å². The summed E-state index contributed by atoms with van der Waals surface area (Å²) in [5, 5.41) is 2.58. The molecule has 1 aliphatic heterocycles. The highest BCUT2D eigenvalue weighted by Gasteiger charge is 2.16. The maximum atomic E-state index is 11.5. The van der Waals surface area contributed by atoms with E-state index in [9.17, 15) is 4.79 Å². The Kier molecular flexibility index (Phi) is 4.60. The van der Waals surface area contributed by atoms with Gasteiger partial charge in [0.2, 0.25) is 0 Å². The number of hydrogen-bond donors (Lipinski definition) is 1. The molecule has 18 heavy (non-hydrogen) atoms. The Bertz CT molecular complexity index is 430. The van der Waals surface area contributed by atoms with E-state index < -0.39 is 0 Å². The minimum atomic E-state index is -0.110. The fourth-order valence-corrected chi connectivity index (χ4v) is 2.36. The number of hydrogen-bond acceptors (Lipinski definition) is 3. The van der Waals surface area contributed by atoms with E-state index in [1.807, 2.05) is 0 Å². The van der Waals surface area contributed by atoms with Crippen molar-refractivity contribution in [3.05, 3.63) is 28.2 Å². The normalized spacial score (nSPS) is 18.7. The number of benzene rings is 1. The molecule has 0 radical (unpaired) electrons. The van der Waals surface area contributed by atoms with E-state index in [4.69, 9.17) is 9.47 Å². The Morgan fingerprint density at radius 2 is 2.44 bits per heavy atom. The number of carbonyl (C=O) groups is 1. The molecule has 1 aromatic rings. The number of nitrogens with one attached hydrogen (secondary N) is 1. The van der Waals surface area contributed by atoms with Crippen molar-refractivity contribution in [1.82, 2.24) is 5.32 Å². The SMILES string of the molecule is CNC(=O)c1ccc(OC[C@@H]2CCCO2)c(Br)c1. The first-order valence-corrected chi connectivity index (χ1v) is 6.76. The van der Waals surface area contributed by atoms with Gasteiger partial charge in [0.05, 0.1) is 10.6 Å². The molecule has 1 N–H and O–H groups in total. The lowest BCUT2D eigenvalue weighted by atomic mass is 10.2. The van der Waals surface area contributed by atoms with Gasteiger partial charge in [-0.15, -0.1) is 0 Å². The molecule has 0 spiro atoms. The second-order valence-corrected chi connectivity index (χ2v) is 5.02. The maximum Gasteiger partial charge on any atom is 0.251 e. The first-order valence-electron chi connectivity index (χ1n) is 5.96. The monoisotopic (exact) mass is 313 g/mol.